The predicted octanol–water partition coefficient (Wildman–Crippen LogP) is 3.05. The Labute approximate surface area is 164 Å². The highest BCUT2D eigenvalue weighted by Crippen LogP contribution is 2.24. The largest absolute Gasteiger partial charge is 0.351 e. The van der Waals surface area contributed by atoms with Gasteiger partial charge in [-0.3, -0.25) is 10.1 Å². The average Bonchev–Trinajstić information content (AvgIpc) is 3.20. The number of carbonyl (C=O) groups excluding carboxylic acids is 1. The number of amides is 1. The molecule has 1 saturated heterocycles. The van der Waals surface area contributed by atoms with Crippen molar-refractivity contribution in [3.8, 4) is 0 Å². The van der Waals surface area contributed by atoms with Crippen LogP contribution in [0.3, 0.4) is 0 Å². The van der Waals surface area contributed by atoms with E-state index < -0.39 is 0 Å². The molecule has 1 aliphatic rings. The van der Waals surface area contributed by atoms with Gasteiger partial charge >= 0.3 is 0 Å². The molecular weight excluding hydrogens is 364 g/mol. The van der Waals surface area contributed by atoms with Gasteiger partial charge in [0.2, 0.25) is 5.95 Å². The molecule has 8 heteroatoms. The number of aromatic amines is 1. The van der Waals surface area contributed by atoms with Gasteiger partial charge in [0.05, 0.1) is 0 Å². The fraction of sp³-hybridized carbons (Fsp3) is 0.421. The Hall–Kier alpha value is -2.38. The molecule has 1 aromatic carbocycles. The summed E-state index contributed by atoms with van der Waals surface area (Å²) in [5.74, 6) is 1.44. The number of aromatic nitrogens is 4. The third kappa shape index (κ3) is 3.84. The third-order valence-electron chi connectivity index (χ3n) is 5.04. The number of nitrogens with one attached hydrogen (secondary N) is 3. The summed E-state index contributed by atoms with van der Waals surface area (Å²) in [6.07, 6.45) is 2.05. The van der Waals surface area contributed by atoms with E-state index in [0.717, 1.165) is 48.2 Å². The van der Waals surface area contributed by atoms with Crippen molar-refractivity contribution in [1.82, 2.24) is 25.1 Å². The number of halogens is 1. The Kier molecular flexibility index (Phi) is 5.53. The fourth-order valence-corrected chi connectivity index (χ4v) is 3.66. The highest BCUT2D eigenvalue weighted by molar-refractivity contribution is 6.05. The standard InChI is InChI=1S/C19H24N6O.ClH/c1-11-8-12(2)14-10-16(21-15(14)9-11)18(26)23-19-22-17(24-25(19)3)13-4-6-20-7-5-13;/h8-10,13,20-21H,4-7H2,1-3H3,(H,22,23,24,26);1H. The normalized spacial score (nSPS) is 14.9. The highest BCUT2D eigenvalue weighted by Gasteiger charge is 2.22. The molecule has 3 heterocycles. The van der Waals surface area contributed by atoms with Crippen LogP contribution >= 0.6 is 12.4 Å². The zero-order valence-corrected chi connectivity index (χ0v) is 16.6. The number of fused-ring (bicyclic) bond motifs is 1. The second kappa shape index (κ2) is 7.70. The van der Waals surface area contributed by atoms with Gasteiger partial charge in [0.15, 0.2) is 5.82 Å². The van der Waals surface area contributed by atoms with Crippen molar-refractivity contribution in [3.05, 3.63) is 40.8 Å². The third-order valence-corrected chi connectivity index (χ3v) is 5.04. The first-order valence-corrected chi connectivity index (χ1v) is 9.04. The minimum absolute atomic E-state index is 0. The fourth-order valence-electron chi connectivity index (χ4n) is 3.66. The first-order chi connectivity index (χ1) is 12.5. The molecule has 1 fully saturated rings. The smallest absolute Gasteiger partial charge is 0.274 e. The van der Waals surface area contributed by atoms with Gasteiger partial charge in [-0.15, -0.1) is 12.4 Å². The number of hydrogen-bond acceptors (Lipinski definition) is 4. The van der Waals surface area contributed by atoms with Crippen molar-refractivity contribution < 1.29 is 4.79 Å². The summed E-state index contributed by atoms with van der Waals surface area (Å²) < 4.78 is 1.65. The number of H-pyrrole nitrogens is 1. The van der Waals surface area contributed by atoms with Gasteiger partial charge in [0, 0.05) is 23.9 Å². The summed E-state index contributed by atoms with van der Waals surface area (Å²) in [5.41, 5.74) is 3.83. The van der Waals surface area contributed by atoms with Gasteiger partial charge in [0.1, 0.15) is 5.69 Å². The topological polar surface area (TPSA) is 87.6 Å². The molecule has 0 radical (unpaired) electrons. The van der Waals surface area contributed by atoms with Crippen molar-refractivity contribution in [2.75, 3.05) is 18.4 Å². The number of anilines is 1. The van der Waals surface area contributed by atoms with Crippen molar-refractivity contribution in [2.45, 2.75) is 32.6 Å². The quantitative estimate of drug-likeness (QED) is 0.643. The molecule has 3 N–H and O–H groups in total. The Bertz CT molecular complexity index is 970. The lowest BCUT2D eigenvalue weighted by Gasteiger charge is -2.19. The first kappa shape index (κ1) is 19.4. The molecular formula is C19H25ClN6O. The summed E-state index contributed by atoms with van der Waals surface area (Å²) in [6, 6.07) is 6.06. The molecule has 4 rings (SSSR count). The van der Waals surface area contributed by atoms with Gasteiger partial charge in [-0.25, -0.2) is 4.68 Å². The van der Waals surface area contributed by atoms with Crippen molar-refractivity contribution >= 4 is 35.2 Å². The predicted molar refractivity (Wildman–Crippen MR) is 109 cm³/mol. The molecule has 144 valence electrons. The maximum atomic E-state index is 12.7. The number of benzene rings is 1. The van der Waals surface area contributed by atoms with Crippen LogP contribution in [-0.4, -0.2) is 38.7 Å². The maximum absolute atomic E-state index is 12.7. The Morgan fingerprint density at radius 1 is 1.22 bits per heavy atom. The maximum Gasteiger partial charge on any atom is 0.274 e. The molecule has 0 aliphatic carbocycles. The van der Waals surface area contributed by atoms with E-state index in [0.29, 0.717) is 17.6 Å². The molecule has 1 aliphatic heterocycles. The highest BCUT2D eigenvalue weighted by atomic mass is 35.5. The van der Waals surface area contributed by atoms with E-state index in [4.69, 9.17) is 0 Å². The van der Waals surface area contributed by atoms with Crippen LogP contribution in [-0.2, 0) is 7.05 Å². The van der Waals surface area contributed by atoms with Crippen molar-refractivity contribution in [2.24, 2.45) is 7.05 Å². The second-order valence-electron chi connectivity index (χ2n) is 7.12. The van der Waals surface area contributed by atoms with E-state index in [2.05, 4.69) is 51.7 Å². The number of aryl methyl sites for hydroxylation is 3. The van der Waals surface area contributed by atoms with Gasteiger partial charge in [-0.1, -0.05) is 6.07 Å². The Morgan fingerprint density at radius 3 is 2.70 bits per heavy atom. The number of nitrogens with zero attached hydrogens (tertiary/aromatic N) is 3. The van der Waals surface area contributed by atoms with E-state index in [9.17, 15) is 4.79 Å². The van der Waals surface area contributed by atoms with Crippen molar-refractivity contribution in [3.63, 3.8) is 0 Å². The molecule has 1 amide bonds. The van der Waals surface area contributed by atoms with Crippen LogP contribution in [0.25, 0.3) is 10.9 Å². The van der Waals surface area contributed by atoms with Crippen LogP contribution in [0.2, 0.25) is 0 Å². The van der Waals surface area contributed by atoms with Crippen molar-refractivity contribution in [1.29, 1.82) is 0 Å². The first-order valence-electron chi connectivity index (χ1n) is 9.04. The minimum atomic E-state index is -0.203. The van der Waals surface area contributed by atoms with Crippen LogP contribution in [0.1, 0.15) is 46.2 Å². The minimum Gasteiger partial charge on any atom is -0.351 e. The SMILES string of the molecule is Cc1cc(C)c2cc(C(=O)Nc3nc(C4CCNCC4)nn3C)[nH]c2c1.Cl. The summed E-state index contributed by atoms with van der Waals surface area (Å²) in [5, 5.41) is 11.8. The molecule has 27 heavy (non-hydrogen) atoms. The summed E-state index contributed by atoms with van der Waals surface area (Å²) >= 11 is 0. The van der Waals surface area contributed by atoms with E-state index in [1.807, 2.05) is 13.1 Å². The second-order valence-corrected chi connectivity index (χ2v) is 7.12. The van der Waals surface area contributed by atoms with Gasteiger partial charge in [-0.2, -0.15) is 10.1 Å². The van der Waals surface area contributed by atoms with Gasteiger partial charge < -0.3 is 10.3 Å². The van der Waals surface area contributed by atoms with Crippen LogP contribution in [0, 0.1) is 13.8 Å². The Balaban J connectivity index is 0.00000210. The van der Waals surface area contributed by atoms with Gasteiger partial charge in [0.25, 0.3) is 5.91 Å². The van der Waals surface area contributed by atoms with E-state index in [1.54, 1.807) is 4.68 Å². The molecule has 7 nitrogen and oxygen atoms in total. The number of hydrogen-bond donors (Lipinski definition) is 3. The monoisotopic (exact) mass is 388 g/mol. The Morgan fingerprint density at radius 2 is 1.96 bits per heavy atom. The summed E-state index contributed by atoms with van der Waals surface area (Å²) in [6.45, 7) is 6.07. The molecule has 0 saturated carbocycles. The summed E-state index contributed by atoms with van der Waals surface area (Å²) in [7, 11) is 1.81. The molecule has 0 unspecified atom stereocenters. The molecule has 2 aromatic heterocycles. The lowest BCUT2D eigenvalue weighted by molar-refractivity contribution is 0.102. The van der Waals surface area contributed by atoms with Crippen LogP contribution in [0.4, 0.5) is 5.95 Å². The van der Waals surface area contributed by atoms with Crippen LogP contribution in [0.15, 0.2) is 18.2 Å². The van der Waals surface area contributed by atoms with E-state index in [1.165, 1.54) is 5.56 Å². The molecule has 0 bridgehead atoms. The average molecular weight is 389 g/mol. The van der Waals surface area contributed by atoms with E-state index >= 15 is 0 Å². The van der Waals surface area contributed by atoms with Gasteiger partial charge in [-0.05, 0) is 63.0 Å². The number of carbonyl (C=O) groups is 1. The molecule has 0 atom stereocenters. The number of piperidine rings is 1. The van der Waals surface area contributed by atoms with E-state index in [-0.39, 0.29) is 18.3 Å². The molecule has 0 spiro atoms. The molecule has 3 aromatic rings. The zero-order chi connectivity index (χ0) is 18.3. The summed E-state index contributed by atoms with van der Waals surface area (Å²) in [4.78, 5) is 20.5. The zero-order valence-electron chi connectivity index (χ0n) is 15.8. The van der Waals surface area contributed by atoms with Crippen LogP contribution < -0.4 is 10.6 Å². The van der Waals surface area contributed by atoms with Crippen LogP contribution in [0.5, 0.6) is 0 Å². The number of rotatable bonds is 3. The lowest BCUT2D eigenvalue weighted by atomic mass is 9.98. The lowest BCUT2D eigenvalue weighted by Crippen LogP contribution is -2.27.